The van der Waals surface area contributed by atoms with Crippen molar-refractivity contribution in [3.05, 3.63) is 53.6 Å². The summed E-state index contributed by atoms with van der Waals surface area (Å²) < 4.78 is 28.4. The summed E-state index contributed by atoms with van der Waals surface area (Å²) in [4.78, 5) is 11.8. The maximum absolute atomic E-state index is 14.4. The molecule has 132 valence electrons. The third-order valence-corrected chi connectivity index (χ3v) is 3.60. The minimum Gasteiger partial charge on any atom is -0.386 e. The van der Waals surface area contributed by atoms with Crippen LogP contribution in [0.5, 0.6) is 0 Å². The van der Waals surface area contributed by atoms with Crippen LogP contribution in [0.15, 0.2) is 30.6 Å². The van der Waals surface area contributed by atoms with E-state index in [4.69, 9.17) is 0 Å². The third-order valence-electron chi connectivity index (χ3n) is 3.60. The summed E-state index contributed by atoms with van der Waals surface area (Å²) in [5.74, 6) is -0.849. The summed E-state index contributed by atoms with van der Waals surface area (Å²) in [5, 5.41) is 10.7. The quantitative estimate of drug-likeness (QED) is 0.741. The van der Waals surface area contributed by atoms with Crippen LogP contribution in [0.25, 0.3) is 22.2 Å². The molecule has 0 aliphatic rings. The first-order valence-corrected chi connectivity index (χ1v) is 8.08. The second kappa shape index (κ2) is 7.19. The lowest BCUT2D eigenvalue weighted by Gasteiger charge is -2.20. The first kappa shape index (κ1) is 18.9. The van der Waals surface area contributed by atoms with E-state index < -0.39 is 17.2 Å². The number of aromatic nitrogens is 3. The summed E-state index contributed by atoms with van der Waals surface area (Å²) in [6.07, 6.45) is 2.49. The van der Waals surface area contributed by atoms with Crippen molar-refractivity contribution in [1.29, 1.82) is 0 Å². The van der Waals surface area contributed by atoms with Gasteiger partial charge in [0.05, 0.1) is 11.8 Å². The van der Waals surface area contributed by atoms with Crippen LogP contribution in [0, 0.1) is 18.6 Å². The van der Waals surface area contributed by atoms with Gasteiger partial charge in [-0.2, -0.15) is 0 Å². The van der Waals surface area contributed by atoms with Crippen LogP contribution >= 0.6 is 0 Å². The van der Waals surface area contributed by atoms with E-state index >= 15 is 0 Å². The first-order valence-electron chi connectivity index (χ1n) is 8.08. The molecule has 6 heteroatoms. The van der Waals surface area contributed by atoms with E-state index in [1.54, 1.807) is 32.9 Å². The highest BCUT2D eigenvalue weighted by atomic mass is 19.1. The predicted octanol–water partition coefficient (Wildman–Crippen LogP) is 4.53. The molecule has 0 unspecified atom stereocenters. The third kappa shape index (κ3) is 3.79. The van der Waals surface area contributed by atoms with E-state index in [2.05, 4.69) is 15.0 Å². The smallest absolute Gasteiger partial charge is 0.167 e. The minimum atomic E-state index is -1.19. The number of benzene rings is 1. The van der Waals surface area contributed by atoms with Crippen LogP contribution < -0.4 is 0 Å². The van der Waals surface area contributed by atoms with Crippen molar-refractivity contribution in [2.24, 2.45) is 0 Å². The highest BCUT2D eigenvalue weighted by molar-refractivity contribution is 5.87. The number of hydrogen-bond acceptors (Lipinski definition) is 4. The molecule has 0 fully saturated rings. The maximum Gasteiger partial charge on any atom is 0.167 e. The SMILES string of the molecule is CC.Cc1ncc(F)c(-c2cc(F)c3nccc(C(C)(C)O)c3c2)n1. The molecule has 0 saturated heterocycles. The highest BCUT2D eigenvalue weighted by Gasteiger charge is 2.22. The van der Waals surface area contributed by atoms with Gasteiger partial charge in [-0.3, -0.25) is 4.98 Å². The molecule has 0 bridgehead atoms. The standard InChI is InChI=1S/C17H15F2N3O.C2H6/c1-9-21-8-14(19)15(22-9)10-6-11-12(17(2,3)23)4-5-20-16(11)13(18)7-10;1-2/h4-8,23H,1-3H3;1-2H3. The van der Waals surface area contributed by atoms with Gasteiger partial charge in [0.1, 0.15) is 22.9 Å². The molecule has 0 amide bonds. The molecule has 0 spiro atoms. The molecule has 2 aromatic heterocycles. The predicted molar refractivity (Wildman–Crippen MR) is 94.0 cm³/mol. The molecule has 1 N–H and O–H groups in total. The normalized spacial score (nSPS) is 11.2. The van der Waals surface area contributed by atoms with Gasteiger partial charge < -0.3 is 5.11 Å². The molecule has 0 aliphatic heterocycles. The topological polar surface area (TPSA) is 58.9 Å². The van der Waals surface area contributed by atoms with Crippen molar-refractivity contribution in [3.8, 4) is 11.3 Å². The van der Waals surface area contributed by atoms with Gasteiger partial charge in [-0.05, 0) is 44.5 Å². The van der Waals surface area contributed by atoms with Crippen LogP contribution in [0.1, 0.15) is 39.1 Å². The molecular weight excluding hydrogens is 324 g/mol. The Kier molecular flexibility index (Phi) is 5.42. The summed E-state index contributed by atoms with van der Waals surface area (Å²) >= 11 is 0. The Morgan fingerprint density at radius 2 is 1.72 bits per heavy atom. The van der Waals surface area contributed by atoms with Crippen LogP contribution in [-0.4, -0.2) is 20.1 Å². The lowest BCUT2D eigenvalue weighted by Crippen LogP contribution is -2.16. The zero-order valence-electron chi connectivity index (χ0n) is 14.9. The fourth-order valence-corrected chi connectivity index (χ4v) is 2.54. The van der Waals surface area contributed by atoms with E-state index in [1.165, 1.54) is 12.3 Å². The van der Waals surface area contributed by atoms with E-state index in [1.807, 2.05) is 13.8 Å². The van der Waals surface area contributed by atoms with Gasteiger partial charge in [-0.15, -0.1) is 0 Å². The molecule has 3 aromatic rings. The zero-order chi connectivity index (χ0) is 18.8. The number of hydrogen-bond donors (Lipinski definition) is 1. The number of aliphatic hydroxyl groups is 1. The molecule has 2 heterocycles. The molecular formula is C19H21F2N3O. The number of fused-ring (bicyclic) bond motifs is 1. The fourth-order valence-electron chi connectivity index (χ4n) is 2.54. The Bertz CT molecular complexity index is 905. The van der Waals surface area contributed by atoms with Crippen molar-refractivity contribution in [3.63, 3.8) is 0 Å². The Hall–Kier alpha value is -2.47. The van der Waals surface area contributed by atoms with Gasteiger partial charge >= 0.3 is 0 Å². The summed E-state index contributed by atoms with van der Waals surface area (Å²) in [5.41, 5.74) is -0.263. The van der Waals surface area contributed by atoms with E-state index in [0.717, 1.165) is 6.20 Å². The summed E-state index contributed by atoms with van der Waals surface area (Å²) in [6, 6.07) is 4.39. The number of halogens is 2. The maximum atomic E-state index is 14.4. The molecule has 25 heavy (non-hydrogen) atoms. The monoisotopic (exact) mass is 345 g/mol. The van der Waals surface area contributed by atoms with Gasteiger partial charge in [-0.25, -0.2) is 18.7 Å². The molecule has 0 aliphatic carbocycles. The molecule has 3 rings (SSSR count). The highest BCUT2D eigenvalue weighted by Crippen LogP contribution is 2.32. The Labute approximate surface area is 145 Å². The van der Waals surface area contributed by atoms with Crippen molar-refractivity contribution < 1.29 is 13.9 Å². The molecule has 4 nitrogen and oxygen atoms in total. The van der Waals surface area contributed by atoms with Crippen LogP contribution in [0.4, 0.5) is 8.78 Å². The number of rotatable bonds is 2. The Morgan fingerprint density at radius 3 is 2.36 bits per heavy atom. The van der Waals surface area contributed by atoms with Gasteiger partial charge in [0.2, 0.25) is 0 Å². The Balaban J connectivity index is 0.00000109. The second-order valence-corrected chi connectivity index (χ2v) is 5.89. The van der Waals surface area contributed by atoms with Gasteiger partial charge in [-0.1, -0.05) is 13.8 Å². The van der Waals surface area contributed by atoms with E-state index in [0.29, 0.717) is 16.8 Å². The minimum absolute atomic E-state index is 0.0175. The van der Waals surface area contributed by atoms with Crippen molar-refractivity contribution in [2.45, 2.75) is 40.2 Å². The van der Waals surface area contributed by atoms with Crippen LogP contribution in [0.2, 0.25) is 0 Å². The average molecular weight is 345 g/mol. The van der Waals surface area contributed by atoms with E-state index in [-0.39, 0.29) is 16.8 Å². The summed E-state index contributed by atoms with van der Waals surface area (Å²) in [7, 11) is 0. The molecule has 0 radical (unpaired) electrons. The van der Waals surface area contributed by atoms with Crippen molar-refractivity contribution in [1.82, 2.24) is 15.0 Å². The lowest BCUT2D eigenvalue weighted by molar-refractivity contribution is 0.0801. The molecule has 0 atom stereocenters. The second-order valence-electron chi connectivity index (χ2n) is 5.89. The first-order chi connectivity index (χ1) is 11.8. The van der Waals surface area contributed by atoms with Crippen LogP contribution in [0.3, 0.4) is 0 Å². The summed E-state index contributed by atoms with van der Waals surface area (Å²) in [6.45, 7) is 8.83. The Morgan fingerprint density at radius 1 is 1.04 bits per heavy atom. The fraction of sp³-hybridized carbons (Fsp3) is 0.316. The number of nitrogens with zero attached hydrogens (tertiary/aromatic N) is 3. The van der Waals surface area contributed by atoms with Gasteiger partial charge in [0.25, 0.3) is 0 Å². The van der Waals surface area contributed by atoms with Crippen molar-refractivity contribution >= 4 is 10.9 Å². The average Bonchev–Trinajstić information content (AvgIpc) is 2.57. The largest absolute Gasteiger partial charge is 0.386 e. The van der Waals surface area contributed by atoms with E-state index in [9.17, 15) is 13.9 Å². The van der Waals surface area contributed by atoms with Gasteiger partial charge in [0.15, 0.2) is 5.82 Å². The zero-order valence-corrected chi connectivity index (χ0v) is 14.9. The van der Waals surface area contributed by atoms with Crippen molar-refractivity contribution in [2.75, 3.05) is 0 Å². The molecule has 0 saturated carbocycles. The lowest BCUT2D eigenvalue weighted by atomic mass is 9.93. The number of pyridine rings is 1. The van der Waals surface area contributed by atoms with Crippen LogP contribution in [-0.2, 0) is 5.60 Å². The molecule has 1 aromatic carbocycles. The number of aryl methyl sites for hydroxylation is 1. The van der Waals surface area contributed by atoms with Gasteiger partial charge in [0, 0.05) is 17.1 Å².